The number of esters is 1. The lowest BCUT2D eigenvalue weighted by atomic mass is 9.58. The van der Waals surface area contributed by atoms with Crippen LogP contribution in [0.2, 0.25) is 0 Å². The van der Waals surface area contributed by atoms with E-state index in [-0.39, 0.29) is 18.0 Å². The zero-order valence-corrected chi connectivity index (χ0v) is 15.8. The van der Waals surface area contributed by atoms with Crippen molar-refractivity contribution >= 4 is 11.8 Å². The van der Waals surface area contributed by atoms with Crippen molar-refractivity contribution in [3.63, 3.8) is 0 Å². The molecule has 6 atom stereocenters. The third-order valence-corrected chi connectivity index (χ3v) is 5.93. The number of carbonyl (C=O) groups is 2. The van der Waals surface area contributed by atoms with Gasteiger partial charge in [0.25, 0.3) is 0 Å². The van der Waals surface area contributed by atoms with Gasteiger partial charge in [-0.2, -0.15) is 0 Å². The standard InChI is InChI=1S/C20H24O7/c1-9(21)25-13-7-5-6-11-14(13)16(23)10-8-12(22)17(24)18-15(10)20(11,4)27-19(2,3)26-18/h5-7,10,12,15,17-18,22,24H,8H2,1-4H3. The Morgan fingerprint density at radius 2 is 1.96 bits per heavy atom. The van der Waals surface area contributed by atoms with Crippen LogP contribution in [0.1, 0.15) is 50.0 Å². The minimum Gasteiger partial charge on any atom is -0.426 e. The molecule has 1 saturated carbocycles. The summed E-state index contributed by atoms with van der Waals surface area (Å²) in [6.45, 7) is 6.63. The highest BCUT2D eigenvalue weighted by atomic mass is 16.7. The molecule has 1 aromatic rings. The summed E-state index contributed by atoms with van der Waals surface area (Å²) >= 11 is 0. The zero-order chi connectivity index (χ0) is 19.7. The average molecular weight is 376 g/mol. The Kier molecular flexibility index (Phi) is 4.02. The van der Waals surface area contributed by atoms with Crippen LogP contribution in [0.5, 0.6) is 5.75 Å². The number of fused-ring (bicyclic) bond motifs is 2. The van der Waals surface area contributed by atoms with Gasteiger partial charge in [-0.15, -0.1) is 0 Å². The summed E-state index contributed by atoms with van der Waals surface area (Å²) in [5.41, 5.74) is -0.0358. The van der Waals surface area contributed by atoms with Crippen molar-refractivity contribution in [3.05, 3.63) is 29.3 Å². The highest BCUT2D eigenvalue weighted by molar-refractivity contribution is 6.04. The molecule has 2 aliphatic carbocycles. The van der Waals surface area contributed by atoms with Crippen molar-refractivity contribution in [2.24, 2.45) is 11.8 Å². The second-order valence-corrected chi connectivity index (χ2v) is 8.25. The Hall–Kier alpha value is -1.80. The van der Waals surface area contributed by atoms with E-state index in [2.05, 4.69) is 0 Å². The summed E-state index contributed by atoms with van der Waals surface area (Å²) < 4.78 is 17.5. The van der Waals surface area contributed by atoms with Gasteiger partial charge in [-0.25, -0.2) is 0 Å². The monoisotopic (exact) mass is 376 g/mol. The fraction of sp³-hybridized carbons (Fsp3) is 0.600. The van der Waals surface area contributed by atoms with E-state index < -0.39 is 47.5 Å². The fourth-order valence-corrected chi connectivity index (χ4v) is 5.11. The Morgan fingerprint density at radius 3 is 2.63 bits per heavy atom. The third-order valence-electron chi connectivity index (χ3n) is 5.93. The van der Waals surface area contributed by atoms with Crippen LogP contribution in [0.3, 0.4) is 0 Å². The lowest BCUT2D eigenvalue weighted by Gasteiger charge is -2.59. The number of hydrogen-bond donors (Lipinski definition) is 2. The molecule has 0 bridgehead atoms. The minimum atomic E-state index is -1.11. The third kappa shape index (κ3) is 2.64. The highest BCUT2D eigenvalue weighted by Crippen LogP contribution is 2.57. The second kappa shape index (κ2) is 5.85. The molecule has 4 rings (SSSR count). The molecule has 1 aliphatic heterocycles. The van der Waals surface area contributed by atoms with Gasteiger partial charge in [0.2, 0.25) is 0 Å². The van der Waals surface area contributed by atoms with Crippen molar-refractivity contribution in [2.45, 2.75) is 63.8 Å². The number of aliphatic hydroxyl groups excluding tert-OH is 2. The maximum atomic E-state index is 13.3. The number of aliphatic hydroxyl groups is 2. The summed E-state index contributed by atoms with van der Waals surface area (Å²) in [7, 11) is 0. The number of rotatable bonds is 1. The van der Waals surface area contributed by atoms with E-state index in [9.17, 15) is 19.8 Å². The molecule has 7 heteroatoms. The van der Waals surface area contributed by atoms with Gasteiger partial charge >= 0.3 is 5.97 Å². The van der Waals surface area contributed by atoms with Gasteiger partial charge < -0.3 is 24.4 Å². The summed E-state index contributed by atoms with van der Waals surface area (Å²) in [5.74, 6) is -2.67. The predicted octanol–water partition coefficient (Wildman–Crippen LogP) is 1.53. The Labute approximate surface area is 157 Å². The van der Waals surface area contributed by atoms with Crippen LogP contribution < -0.4 is 4.74 Å². The molecule has 146 valence electrons. The average Bonchev–Trinajstić information content (AvgIpc) is 2.55. The molecule has 27 heavy (non-hydrogen) atoms. The summed E-state index contributed by atoms with van der Waals surface area (Å²) in [6, 6.07) is 5.08. The van der Waals surface area contributed by atoms with Crippen LogP contribution in [0.15, 0.2) is 18.2 Å². The fourth-order valence-electron chi connectivity index (χ4n) is 5.11. The van der Waals surface area contributed by atoms with E-state index in [1.165, 1.54) is 6.92 Å². The van der Waals surface area contributed by atoms with Gasteiger partial charge in [0.05, 0.1) is 17.8 Å². The van der Waals surface area contributed by atoms with Gasteiger partial charge in [0.1, 0.15) is 17.5 Å². The molecule has 7 nitrogen and oxygen atoms in total. The number of benzene rings is 1. The molecule has 2 N–H and O–H groups in total. The van der Waals surface area contributed by atoms with Crippen LogP contribution in [-0.4, -0.2) is 46.1 Å². The van der Waals surface area contributed by atoms with Gasteiger partial charge in [-0.1, -0.05) is 12.1 Å². The van der Waals surface area contributed by atoms with Crippen molar-refractivity contribution in [1.29, 1.82) is 0 Å². The zero-order valence-electron chi connectivity index (χ0n) is 15.8. The Balaban J connectivity index is 1.95. The molecule has 2 fully saturated rings. The molecule has 6 unspecified atom stereocenters. The topological polar surface area (TPSA) is 102 Å². The quantitative estimate of drug-likeness (QED) is 0.566. The Bertz CT molecular complexity index is 817. The number of ether oxygens (including phenoxy) is 3. The van der Waals surface area contributed by atoms with E-state index >= 15 is 0 Å². The van der Waals surface area contributed by atoms with Crippen LogP contribution in [-0.2, 0) is 19.9 Å². The molecule has 0 aromatic heterocycles. The molecular weight excluding hydrogens is 352 g/mol. The summed E-state index contributed by atoms with van der Waals surface area (Å²) in [4.78, 5) is 24.9. The van der Waals surface area contributed by atoms with Crippen LogP contribution in [0.4, 0.5) is 0 Å². The summed E-state index contributed by atoms with van der Waals surface area (Å²) in [6.07, 6.45) is -2.85. The molecule has 3 aliphatic rings. The summed E-state index contributed by atoms with van der Waals surface area (Å²) in [5, 5.41) is 20.9. The first-order valence-electron chi connectivity index (χ1n) is 9.15. The molecule has 1 heterocycles. The van der Waals surface area contributed by atoms with Gasteiger partial charge in [0, 0.05) is 18.8 Å². The maximum Gasteiger partial charge on any atom is 0.308 e. The highest BCUT2D eigenvalue weighted by Gasteiger charge is 2.64. The van der Waals surface area contributed by atoms with Gasteiger partial charge in [-0.05, 0) is 38.8 Å². The number of Topliss-reactive ketones (excluding diaryl/α,β-unsaturated/α-hetero) is 1. The minimum absolute atomic E-state index is 0.0950. The smallest absolute Gasteiger partial charge is 0.308 e. The first-order valence-corrected chi connectivity index (χ1v) is 9.15. The SMILES string of the molecule is CC(=O)Oc1cccc2c1C(=O)C1CC(O)C(O)C3OC(C)(C)OC2(C)C13. The lowest BCUT2D eigenvalue weighted by Crippen LogP contribution is -2.68. The van der Waals surface area contributed by atoms with E-state index in [0.29, 0.717) is 11.1 Å². The maximum absolute atomic E-state index is 13.3. The van der Waals surface area contributed by atoms with Crippen molar-refractivity contribution in [1.82, 2.24) is 0 Å². The van der Waals surface area contributed by atoms with E-state index in [1.807, 2.05) is 6.92 Å². The molecular formula is C20H24O7. The predicted molar refractivity (Wildman–Crippen MR) is 93.1 cm³/mol. The first-order chi connectivity index (χ1) is 12.5. The Morgan fingerprint density at radius 1 is 1.26 bits per heavy atom. The first kappa shape index (κ1) is 18.6. The second-order valence-electron chi connectivity index (χ2n) is 8.25. The largest absolute Gasteiger partial charge is 0.426 e. The van der Waals surface area contributed by atoms with Crippen LogP contribution in [0.25, 0.3) is 0 Å². The van der Waals surface area contributed by atoms with Crippen LogP contribution in [0, 0.1) is 11.8 Å². The number of ketones is 1. The van der Waals surface area contributed by atoms with Gasteiger partial charge in [0.15, 0.2) is 11.6 Å². The lowest BCUT2D eigenvalue weighted by molar-refractivity contribution is -0.386. The van der Waals surface area contributed by atoms with E-state index in [0.717, 1.165) is 0 Å². The van der Waals surface area contributed by atoms with E-state index in [4.69, 9.17) is 14.2 Å². The van der Waals surface area contributed by atoms with Crippen molar-refractivity contribution in [2.75, 3.05) is 0 Å². The molecule has 0 amide bonds. The van der Waals surface area contributed by atoms with Crippen molar-refractivity contribution in [3.8, 4) is 5.75 Å². The van der Waals surface area contributed by atoms with Crippen LogP contribution >= 0.6 is 0 Å². The number of hydrogen-bond acceptors (Lipinski definition) is 7. The molecule has 1 aromatic carbocycles. The normalized spacial score (nSPS) is 39.3. The van der Waals surface area contributed by atoms with Crippen molar-refractivity contribution < 1.29 is 34.0 Å². The number of carbonyl (C=O) groups excluding carboxylic acids is 2. The molecule has 0 radical (unpaired) electrons. The molecule has 0 spiro atoms. The van der Waals surface area contributed by atoms with Gasteiger partial charge in [-0.3, -0.25) is 9.59 Å². The van der Waals surface area contributed by atoms with E-state index in [1.54, 1.807) is 32.0 Å². The molecule has 1 saturated heterocycles.